The van der Waals surface area contributed by atoms with Gasteiger partial charge < -0.3 is 9.64 Å². The Balaban J connectivity index is 1.27. The second-order valence-electron chi connectivity index (χ2n) is 7.66. The number of anilines is 1. The average molecular weight is 437 g/mol. The van der Waals surface area contributed by atoms with E-state index < -0.39 is 10.0 Å². The monoisotopic (exact) mass is 436 g/mol. The van der Waals surface area contributed by atoms with E-state index in [4.69, 9.17) is 4.74 Å². The van der Waals surface area contributed by atoms with E-state index in [1.54, 1.807) is 12.1 Å². The Kier molecular flexibility index (Phi) is 7.02. The van der Waals surface area contributed by atoms with Crippen molar-refractivity contribution in [2.24, 2.45) is 0 Å². The van der Waals surface area contributed by atoms with E-state index >= 15 is 0 Å². The minimum absolute atomic E-state index is 0.294. The fourth-order valence-electron chi connectivity index (χ4n) is 3.73. The smallest absolute Gasteiger partial charge is 0.240 e. The lowest BCUT2D eigenvalue weighted by atomic mass is 10.1. The second kappa shape index (κ2) is 10.1. The summed E-state index contributed by atoms with van der Waals surface area (Å²) >= 11 is 0. The predicted octanol–water partition coefficient (Wildman–Crippen LogP) is 4.10. The van der Waals surface area contributed by atoms with Gasteiger partial charge in [-0.2, -0.15) is 0 Å². The van der Waals surface area contributed by atoms with Crippen LogP contribution < -0.4 is 9.62 Å². The third-order valence-corrected chi connectivity index (χ3v) is 7.00. The highest BCUT2D eigenvalue weighted by Crippen LogP contribution is 2.21. The van der Waals surface area contributed by atoms with E-state index in [9.17, 15) is 8.42 Å². The molecule has 0 radical (unpaired) electrons. The first-order valence-electron chi connectivity index (χ1n) is 10.7. The molecule has 1 N–H and O–H groups in total. The van der Waals surface area contributed by atoms with Gasteiger partial charge in [-0.05, 0) is 53.8 Å². The maximum absolute atomic E-state index is 12.6. The summed E-state index contributed by atoms with van der Waals surface area (Å²) in [4.78, 5) is 2.62. The zero-order chi connectivity index (χ0) is 21.5. The summed E-state index contributed by atoms with van der Waals surface area (Å²) < 4.78 is 33.3. The number of ether oxygens (including phenoxy) is 1. The van der Waals surface area contributed by atoms with Crippen LogP contribution in [0.5, 0.6) is 0 Å². The molecule has 0 saturated carbocycles. The van der Waals surface area contributed by atoms with Crippen LogP contribution in [0.25, 0.3) is 11.1 Å². The lowest BCUT2D eigenvalue weighted by Gasteiger charge is -2.28. The molecule has 6 heteroatoms. The SMILES string of the molecule is O=S(=O)(NCCCc1ccc(N2CCOCC2)cc1)c1ccc(-c2ccccc2)cc1. The van der Waals surface area contributed by atoms with Gasteiger partial charge in [0.25, 0.3) is 0 Å². The van der Waals surface area contributed by atoms with Crippen LogP contribution in [0.15, 0.2) is 83.8 Å². The summed E-state index contributed by atoms with van der Waals surface area (Å²) in [5.41, 5.74) is 4.49. The van der Waals surface area contributed by atoms with Gasteiger partial charge in [0.15, 0.2) is 0 Å². The van der Waals surface area contributed by atoms with Crippen LogP contribution in [0, 0.1) is 0 Å². The molecular weight excluding hydrogens is 408 g/mol. The largest absolute Gasteiger partial charge is 0.378 e. The standard InChI is InChI=1S/C25H28N2O3S/c28-31(29,25-14-10-23(11-15-25)22-6-2-1-3-7-22)26-16-4-5-21-8-12-24(13-9-21)27-17-19-30-20-18-27/h1-3,6-15,26H,4-5,16-20H2. The maximum Gasteiger partial charge on any atom is 0.240 e. The van der Waals surface area contributed by atoms with Crippen LogP contribution in [-0.4, -0.2) is 41.3 Å². The van der Waals surface area contributed by atoms with Gasteiger partial charge in [0.1, 0.15) is 0 Å². The number of rotatable bonds is 8. The Bertz CT molecular complexity index is 1060. The summed E-state index contributed by atoms with van der Waals surface area (Å²) in [5, 5.41) is 0. The van der Waals surface area contributed by atoms with Crippen molar-refractivity contribution in [2.45, 2.75) is 17.7 Å². The first-order chi connectivity index (χ1) is 15.1. The number of nitrogens with one attached hydrogen (secondary N) is 1. The molecule has 3 aromatic carbocycles. The normalized spacial score (nSPS) is 14.5. The molecule has 31 heavy (non-hydrogen) atoms. The Hall–Kier alpha value is -2.67. The van der Waals surface area contributed by atoms with Gasteiger partial charge in [-0.15, -0.1) is 0 Å². The number of morpholine rings is 1. The fraction of sp³-hybridized carbons (Fsp3) is 0.280. The van der Waals surface area contributed by atoms with Crippen molar-refractivity contribution < 1.29 is 13.2 Å². The Morgan fingerprint density at radius 2 is 1.45 bits per heavy atom. The molecule has 0 bridgehead atoms. The predicted molar refractivity (Wildman–Crippen MR) is 125 cm³/mol. The van der Waals surface area contributed by atoms with Crippen LogP contribution in [0.2, 0.25) is 0 Å². The van der Waals surface area contributed by atoms with Crippen LogP contribution in [0.4, 0.5) is 5.69 Å². The van der Waals surface area contributed by atoms with Crippen molar-refractivity contribution >= 4 is 15.7 Å². The molecule has 1 fully saturated rings. The van der Waals surface area contributed by atoms with E-state index in [0.29, 0.717) is 11.4 Å². The maximum atomic E-state index is 12.6. The van der Waals surface area contributed by atoms with Gasteiger partial charge in [-0.25, -0.2) is 13.1 Å². The number of hydrogen-bond donors (Lipinski definition) is 1. The molecule has 162 valence electrons. The van der Waals surface area contributed by atoms with E-state index in [1.165, 1.54) is 11.3 Å². The second-order valence-corrected chi connectivity index (χ2v) is 9.42. The van der Waals surface area contributed by atoms with Crippen LogP contribution in [0.3, 0.4) is 0 Å². The van der Waals surface area contributed by atoms with Crippen LogP contribution in [-0.2, 0) is 21.2 Å². The highest BCUT2D eigenvalue weighted by molar-refractivity contribution is 7.89. The minimum Gasteiger partial charge on any atom is -0.378 e. The molecule has 0 amide bonds. The van der Waals surface area contributed by atoms with Gasteiger partial charge in [0, 0.05) is 25.3 Å². The van der Waals surface area contributed by atoms with Crippen molar-refractivity contribution in [2.75, 3.05) is 37.7 Å². The molecule has 3 aromatic rings. The Labute approximate surface area is 184 Å². The lowest BCUT2D eigenvalue weighted by Crippen LogP contribution is -2.36. The summed E-state index contributed by atoms with van der Waals surface area (Å²) in [6, 6.07) is 25.5. The first-order valence-corrected chi connectivity index (χ1v) is 12.2. The van der Waals surface area contributed by atoms with E-state index in [1.807, 2.05) is 42.5 Å². The van der Waals surface area contributed by atoms with E-state index in [-0.39, 0.29) is 0 Å². The van der Waals surface area contributed by atoms with Gasteiger partial charge in [-0.1, -0.05) is 54.6 Å². The van der Waals surface area contributed by atoms with Gasteiger partial charge in [-0.3, -0.25) is 0 Å². The number of hydrogen-bond acceptors (Lipinski definition) is 4. The Morgan fingerprint density at radius 3 is 2.13 bits per heavy atom. The summed E-state index contributed by atoms with van der Waals surface area (Å²) in [6.45, 7) is 3.81. The average Bonchev–Trinajstić information content (AvgIpc) is 2.83. The topological polar surface area (TPSA) is 58.6 Å². The quantitative estimate of drug-likeness (QED) is 0.540. The van der Waals surface area contributed by atoms with E-state index in [0.717, 1.165) is 50.3 Å². The third-order valence-electron chi connectivity index (χ3n) is 5.52. The molecule has 0 aliphatic carbocycles. The zero-order valence-electron chi connectivity index (χ0n) is 17.5. The lowest BCUT2D eigenvalue weighted by molar-refractivity contribution is 0.122. The van der Waals surface area contributed by atoms with E-state index in [2.05, 4.69) is 33.9 Å². The summed E-state index contributed by atoms with van der Waals surface area (Å²) in [7, 11) is -3.50. The molecule has 0 atom stereocenters. The number of benzene rings is 3. The number of nitrogens with zero attached hydrogens (tertiary/aromatic N) is 1. The Morgan fingerprint density at radius 1 is 0.806 bits per heavy atom. The molecular formula is C25H28N2O3S. The molecule has 0 aromatic heterocycles. The summed E-state index contributed by atoms with van der Waals surface area (Å²) in [5.74, 6) is 0. The summed E-state index contributed by atoms with van der Waals surface area (Å²) in [6.07, 6.45) is 1.58. The van der Waals surface area contributed by atoms with Gasteiger partial charge in [0.05, 0.1) is 18.1 Å². The van der Waals surface area contributed by atoms with Crippen molar-refractivity contribution in [3.8, 4) is 11.1 Å². The van der Waals surface area contributed by atoms with Gasteiger partial charge in [0.2, 0.25) is 10.0 Å². The first kappa shape index (κ1) is 21.6. The van der Waals surface area contributed by atoms with Crippen molar-refractivity contribution in [1.82, 2.24) is 4.72 Å². The van der Waals surface area contributed by atoms with Crippen LogP contribution in [0.1, 0.15) is 12.0 Å². The number of sulfonamides is 1. The molecule has 5 nitrogen and oxygen atoms in total. The molecule has 1 heterocycles. The van der Waals surface area contributed by atoms with Crippen molar-refractivity contribution in [3.63, 3.8) is 0 Å². The van der Waals surface area contributed by atoms with Crippen molar-refractivity contribution in [3.05, 3.63) is 84.4 Å². The molecule has 1 aliphatic heterocycles. The molecule has 1 aliphatic rings. The van der Waals surface area contributed by atoms with Crippen molar-refractivity contribution in [1.29, 1.82) is 0 Å². The third kappa shape index (κ3) is 5.73. The van der Waals surface area contributed by atoms with Crippen LogP contribution >= 0.6 is 0 Å². The highest BCUT2D eigenvalue weighted by atomic mass is 32.2. The van der Waals surface area contributed by atoms with Gasteiger partial charge >= 0.3 is 0 Å². The molecule has 0 unspecified atom stereocenters. The number of aryl methyl sites for hydroxylation is 1. The molecule has 0 spiro atoms. The zero-order valence-corrected chi connectivity index (χ0v) is 18.4. The fourth-order valence-corrected chi connectivity index (χ4v) is 4.81. The minimum atomic E-state index is -3.50. The highest BCUT2D eigenvalue weighted by Gasteiger charge is 2.14. The molecule has 1 saturated heterocycles. The molecule has 4 rings (SSSR count).